The molecule has 2 aromatic rings. The second-order valence-corrected chi connectivity index (χ2v) is 3.51. The van der Waals surface area contributed by atoms with Crippen LogP contribution in [0.4, 0.5) is 0 Å². The highest BCUT2D eigenvalue weighted by atomic mass is 35.5. The van der Waals surface area contributed by atoms with Gasteiger partial charge in [0.15, 0.2) is 0 Å². The minimum Gasteiger partial charge on any atom is -0.441 e. The molecule has 0 radical (unpaired) electrons. The Morgan fingerprint density at radius 2 is 2.00 bits per heavy atom. The van der Waals surface area contributed by atoms with Crippen LogP contribution in [-0.2, 0) is 12.3 Å². The molecule has 1 aromatic heterocycles. The van der Waals surface area contributed by atoms with E-state index in [1.165, 1.54) is 0 Å². The zero-order valence-corrected chi connectivity index (χ0v) is 9.29. The summed E-state index contributed by atoms with van der Waals surface area (Å²) in [4.78, 5) is 4.37. The molecule has 0 unspecified atom stereocenters. The van der Waals surface area contributed by atoms with Crippen LogP contribution in [0.2, 0.25) is 0 Å². The zero-order valence-electron chi connectivity index (χ0n) is 8.53. The topological polar surface area (TPSA) is 26.0 Å². The molecule has 1 aromatic carbocycles. The summed E-state index contributed by atoms with van der Waals surface area (Å²) in [5.41, 5.74) is 1.83. The number of benzene rings is 1. The van der Waals surface area contributed by atoms with Crippen LogP contribution in [0.25, 0.3) is 11.5 Å². The Morgan fingerprint density at radius 3 is 2.53 bits per heavy atom. The number of hydrogen-bond acceptors (Lipinski definition) is 2. The molecule has 0 aliphatic heterocycles. The summed E-state index contributed by atoms with van der Waals surface area (Å²) in [6.07, 6.45) is 0.821. The van der Waals surface area contributed by atoms with Gasteiger partial charge in [-0.25, -0.2) is 4.98 Å². The van der Waals surface area contributed by atoms with Gasteiger partial charge in [-0.05, 0) is 12.1 Å². The summed E-state index contributed by atoms with van der Waals surface area (Å²) in [6.45, 7) is 2.03. The molecule has 2 nitrogen and oxygen atoms in total. The SMILES string of the molecule is CCc1oc(-c2ccccc2)nc1CCl. The molecule has 0 saturated heterocycles. The second kappa shape index (κ2) is 4.49. The highest BCUT2D eigenvalue weighted by molar-refractivity contribution is 6.17. The fourth-order valence-corrected chi connectivity index (χ4v) is 1.68. The fraction of sp³-hybridized carbons (Fsp3) is 0.250. The van der Waals surface area contributed by atoms with Crippen molar-refractivity contribution in [3.05, 3.63) is 41.8 Å². The van der Waals surface area contributed by atoms with Crippen molar-refractivity contribution in [2.45, 2.75) is 19.2 Å². The monoisotopic (exact) mass is 221 g/mol. The average Bonchev–Trinajstić information content (AvgIpc) is 2.73. The Labute approximate surface area is 93.9 Å². The lowest BCUT2D eigenvalue weighted by molar-refractivity contribution is 0.522. The van der Waals surface area contributed by atoms with Crippen LogP contribution in [0.15, 0.2) is 34.7 Å². The first kappa shape index (κ1) is 10.2. The van der Waals surface area contributed by atoms with E-state index in [1.54, 1.807) is 0 Å². The molecule has 0 aliphatic carbocycles. The van der Waals surface area contributed by atoms with Crippen molar-refractivity contribution in [3.8, 4) is 11.5 Å². The van der Waals surface area contributed by atoms with Crippen LogP contribution in [-0.4, -0.2) is 4.98 Å². The Bertz CT molecular complexity index is 415. The van der Waals surface area contributed by atoms with Crippen molar-refractivity contribution in [1.29, 1.82) is 0 Å². The summed E-state index contributed by atoms with van der Waals surface area (Å²) < 4.78 is 5.65. The quantitative estimate of drug-likeness (QED) is 0.740. The van der Waals surface area contributed by atoms with E-state index in [9.17, 15) is 0 Å². The van der Waals surface area contributed by atoms with Gasteiger partial charge in [0, 0.05) is 12.0 Å². The van der Waals surface area contributed by atoms with E-state index in [0.717, 1.165) is 23.4 Å². The van der Waals surface area contributed by atoms with E-state index >= 15 is 0 Å². The number of aromatic nitrogens is 1. The number of alkyl halides is 1. The van der Waals surface area contributed by atoms with Gasteiger partial charge < -0.3 is 4.42 Å². The minimum absolute atomic E-state index is 0.402. The van der Waals surface area contributed by atoms with Gasteiger partial charge >= 0.3 is 0 Å². The molecule has 0 fully saturated rings. The number of hydrogen-bond donors (Lipinski definition) is 0. The van der Waals surface area contributed by atoms with Crippen LogP contribution in [0.1, 0.15) is 18.4 Å². The Balaban J connectivity index is 2.42. The van der Waals surface area contributed by atoms with Crippen molar-refractivity contribution in [2.24, 2.45) is 0 Å². The molecule has 0 N–H and O–H groups in total. The lowest BCUT2D eigenvalue weighted by atomic mass is 10.2. The first-order valence-electron chi connectivity index (χ1n) is 4.95. The van der Waals surface area contributed by atoms with Crippen molar-refractivity contribution in [2.75, 3.05) is 0 Å². The lowest BCUT2D eigenvalue weighted by Crippen LogP contribution is -1.84. The molecule has 0 atom stereocenters. The zero-order chi connectivity index (χ0) is 10.7. The Kier molecular flexibility index (Phi) is 3.07. The van der Waals surface area contributed by atoms with Crippen LogP contribution >= 0.6 is 11.6 Å². The highest BCUT2D eigenvalue weighted by Crippen LogP contribution is 2.22. The predicted octanol–water partition coefficient (Wildman–Crippen LogP) is 3.64. The molecule has 3 heteroatoms. The van der Waals surface area contributed by atoms with Crippen molar-refractivity contribution < 1.29 is 4.42 Å². The summed E-state index contributed by atoms with van der Waals surface area (Å²) in [6, 6.07) is 9.85. The minimum atomic E-state index is 0.402. The van der Waals surface area contributed by atoms with Crippen molar-refractivity contribution in [1.82, 2.24) is 4.98 Å². The van der Waals surface area contributed by atoms with Crippen LogP contribution in [0.5, 0.6) is 0 Å². The van der Waals surface area contributed by atoms with Gasteiger partial charge in [0.05, 0.1) is 11.6 Å². The van der Waals surface area contributed by atoms with E-state index in [2.05, 4.69) is 4.98 Å². The number of halogens is 1. The van der Waals surface area contributed by atoms with Gasteiger partial charge in [-0.1, -0.05) is 25.1 Å². The third-order valence-corrected chi connectivity index (χ3v) is 2.50. The van der Waals surface area contributed by atoms with Gasteiger partial charge in [-0.2, -0.15) is 0 Å². The second-order valence-electron chi connectivity index (χ2n) is 3.24. The van der Waals surface area contributed by atoms with Gasteiger partial charge in [0.2, 0.25) is 5.89 Å². The molecular formula is C12H12ClNO. The third kappa shape index (κ3) is 2.05. The number of oxazole rings is 1. The molecule has 0 amide bonds. The van der Waals surface area contributed by atoms with E-state index in [4.69, 9.17) is 16.0 Å². The Morgan fingerprint density at radius 1 is 1.27 bits per heavy atom. The number of aryl methyl sites for hydroxylation is 1. The summed E-state index contributed by atoms with van der Waals surface area (Å²) in [5.74, 6) is 1.94. The number of nitrogens with zero attached hydrogens (tertiary/aromatic N) is 1. The molecule has 0 saturated carbocycles. The standard InChI is InChI=1S/C12H12ClNO/c1-2-11-10(8-13)14-12(15-11)9-6-4-3-5-7-9/h3-7H,2,8H2,1H3. The first-order chi connectivity index (χ1) is 7.35. The van der Waals surface area contributed by atoms with E-state index in [0.29, 0.717) is 11.8 Å². The van der Waals surface area contributed by atoms with Crippen molar-refractivity contribution in [3.63, 3.8) is 0 Å². The van der Waals surface area contributed by atoms with Gasteiger partial charge in [-0.3, -0.25) is 0 Å². The molecule has 15 heavy (non-hydrogen) atoms. The average molecular weight is 222 g/mol. The van der Waals surface area contributed by atoms with Crippen LogP contribution < -0.4 is 0 Å². The lowest BCUT2D eigenvalue weighted by Gasteiger charge is -1.92. The molecule has 1 heterocycles. The predicted molar refractivity (Wildman–Crippen MR) is 60.9 cm³/mol. The molecular weight excluding hydrogens is 210 g/mol. The van der Waals surface area contributed by atoms with Gasteiger partial charge in [-0.15, -0.1) is 11.6 Å². The maximum absolute atomic E-state index is 5.79. The fourth-order valence-electron chi connectivity index (χ4n) is 1.47. The van der Waals surface area contributed by atoms with Crippen molar-refractivity contribution >= 4 is 11.6 Å². The molecule has 0 aliphatic rings. The highest BCUT2D eigenvalue weighted by Gasteiger charge is 2.11. The Hall–Kier alpha value is -1.28. The van der Waals surface area contributed by atoms with Gasteiger partial charge in [0.25, 0.3) is 0 Å². The molecule has 2 rings (SSSR count). The van der Waals surface area contributed by atoms with Crippen LogP contribution in [0, 0.1) is 0 Å². The van der Waals surface area contributed by atoms with Crippen LogP contribution in [0.3, 0.4) is 0 Å². The maximum Gasteiger partial charge on any atom is 0.226 e. The third-order valence-electron chi connectivity index (χ3n) is 2.25. The molecule has 78 valence electrons. The summed E-state index contributed by atoms with van der Waals surface area (Å²) in [7, 11) is 0. The summed E-state index contributed by atoms with van der Waals surface area (Å²) in [5, 5.41) is 0. The summed E-state index contributed by atoms with van der Waals surface area (Å²) >= 11 is 5.79. The molecule has 0 spiro atoms. The first-order valence-corrected chi connectivity index (χ1v) is 5.48. The van der Waals surface area contributed by atoms with E-state index < -0.39 is 0 Å². The normalized spacial score (nSPS) is 10.5. The molecule has 0 bridgehead atoms. The van der Waals surface area contributed by atoms with Gasteiger partial charge in [0.1, 0.15) is 5.76 Å². The maximum atomic E-state index is 5.79. The van der Waals surface area contributed by atoms with E-state index in [-0.39, 0.29) is 0 Å². The smallest absolute Gasteiger partial charge is 0.226 e. The largest absolute Gasteiger partial charge is 0.441 e. The number of rotatable bonds is 3. The van der Waals surface area contributed by atoms with E-state index in [1.807, 2.05) is 37.3 Å².